The number of rotatable bonds is 4. The van der Waals surface area contributed by atoms with Gasteiger partial charge in [-0.25, -0.2) is 5.43 Å². The van der Waals surface area contributed by atoms with E-state index in [4.69, 9.17) is 0 Å². The van der Waals surface area contributed by atoms with E-state index in [2.05, 4.69) is 20.1 Å². The highest BCUT2D eigenvalue weighted by atomic mass is 32.1. The van der Waals surface area contributed by atoms with Crippen LogP contribution < -0.4 is 5.43 Å². The second kappa shape index (κ2) is 6.55. The predicted octanol–water partition coefficient (Wildman–Crippen LogP) is 2.28. The van der Waals surface area contributed by atoms with Gasteiger partial charge in [-0.05, 0) is 30.1 Å². The van der Waals surface area contributed by atoms with E-state index >= 15 is 0 Å². The molecule has 0 fully saturated rings. The van der Waals surface area contributed by atoms with Crippen LogP contribution in [-0.4, -0.2) is 21.7 Å². The minimum absolute atomic E-state index is 0.295. The van der Waals surface area contributed by atoms with Crippen LogP contribution in [0, 0.1) is 6.92 Å². The van der Waals surface area contributed by atoms with E-state index in [0.717, 1.165) is 17.1 Å². The fourth-order valence-electron chi connectivity index (χ4n) is 1.35. The van der Waals surface area contributed by atoms with Gasteiger partial charge >= 0.3 is 0 Å². The molecule has 1 amide bonds. The number of amides is 1. The van der Waals surface area contributed by atoms with Crippen molar-refractivity contribution in [1.82, 2.24) is 15.0 Å². The number of aromatic nitrogens is 2. The third-order valence-corrected chi connectivity index (χ3v) is 3.10. The zero-order valence-electron chi connectivity index (χ0n) is 10.3. The lowest BCUT2D eigenvalue weighted by molar-refractivity contribution is 0.0958. The number of nitrogens with one attached hydrogen (secondary N) is 1. The highest BCUT2D eigenvalue weighted by Gasteiger charge is 2.11. The molecule has 0 unspecified atom stereocenters. The summed E-state index contributed by atoms with van der Waals surface area (Å²) < 4.78 is 3.69. The highest BCUT2D eigenvalue weighted by molar-refractivity contribution is 7.07. The Bertz CT molecular complexity index is 604. The number of hydrazone groups is 1. The number of carbonyl (C=O) groups is 1. The lowest BCUT2D eigenvalue weighted by Crippen LogP contribution is -2.16. The van der Waals surface area contributed by atoms with Gasteiger partial charge < -0.3 is 0 Å². The Hall–Kier alpha value is -2.34. The van der Waals surface area contributed by atoms with Gasteiger partial charge in [0.25, 0.3) is 5.91 Å². The van der Waals surface area contributed by atoms with Crippen molar-refractivity contribution in [3.05, 3.63) is 52.5 Å². The molecule has 0 radical (unpaired) electrons. The zero-order valence-corrected chi connectivity index (χ0v) is 11.1. The molecule has 0 bridgehead atoms. The molecule has 0 aliphatic rings. The van der Waals surface area contributed by atoms with Crippen molar-refractivity contribution in [3.63, 3.8) is 0 Å². The average molecular weight is 272 g/mol. The van der Waals surface area contributed by atoms with Gasteiger partial charge in [-0.1, -0.05) is 40.9 Å². The Morgan fingerprint density at radius 2 is 2.16 bits per heavy atom. The first-order valence-electron chi connectivity index (χ1n) is 5.61. The van der Waals surface area contributed by atoms with Gasteiger partial charge in [-0.2, -0.15) is 5.10 Å². The quantitative estimate of drug-likeness (QED) is 0.686. The Morgan fingerprint density at radius 1 is 1.37 bits per heavy atom. The molecule has 6 heteroatoms. The van der Waals surface area contributed by atoms with Crippen molar-refractivity contribution in [1.29, 1.82) is 0 Å². The number of benzene rings is 1. The van der Waals surface area contributed by atoms with Gasteiger partial charge in [0.1, 0.15) is 4.88 Å². The van der Waals surface area contributed by atoms with Crippen molar-refractivity contribution in [3.8, 4) is 0 Å². The predicted molar refractivity (Wildman–Crippen MR) is 76.1 cm³/mol. The standard InChI is InChI=1S/C13H12N4OS/c1-10-12(19-17-15-10)13(18)16-14-9-5-8-11-6-3-2-4-7-11/h2-9H,1H3,(H,16,18)/b8-5+,14-9-. The van der Waals surface area contributed by atoms with Gasteiger partial charge in [-0.15, -0.1) is 5.10 Å². The van der Waals surface area contributed by atoms with Crippen LogP contribution in [0.1, 0.15) is 20.9 Å². The van der Waals surface area contributed by atoms with Gasteiger partial charge in [0.15, 0.2) is 0 Å². The molecule has 96 valence electrons. The molecule has 0 spiro atoms. The molecule has 0 saturated heterocycles. The summed E-state index contributed by atoms with van der Waals surface area (Å²) in [5, 5.41) is 7.59. The SMILES string of the molecule is Cc1nnsc1C(=O)N/N=C\C=C\c1ccccc1. The molecule has 2 aromatic rings. The summed E-state index contributed by atoms with van der Waals surface area (Å²) in [6.07, 6.45) is 5.18. The van der Waals surface area contributed by atoms with Crippen molar-refractivity contribution < 1.29 is 4.79 Å². The first-order valence-corrected chi connectivity index (χ1v) is 6.39. The number of carbonyl (C=O) groups excluding carboxylic acids is 1. The normalized spacial score (nSPS) is 11.2. The average Bonchev–Trinajstić information content (AvgIpc) is 2.86. The van der Waals surface area contributed by atoms with Crippen LogP contribution in [0.3, 0.4) is 0 Å². The van der Waals surface area contributed by atoms with E-state index in [1.54, 1.807) is 13.0 Å². The summed E-state index contributed by atoms with van der Waals surface area (Å²) in [6.45, 7) is 1.73. The van der Waals surface area contributed by atoms with Crippen molar-refractivity contribution in [2.45, 2.75) is 6.92 Å². The Kier molecular flexibility index (Phi) is 4.52. The second-order valence-electron chi connectivity index (χ2n) is 3.68. The monoisotopic (exact) mass is 272 g/mol. The van der Waals surface area contributed by atoms with E-state index in [1.807, 2.05) is 36.4 Å². The summed E-state index contributed by atoms with van der Waals surface area (Å²) in [5.74, 6) is -0.295. The summed E-state index contributed by atoms with van der Waals surface area (Å²) in [4.78, 5) is 12.1. The lowest BCUT2D eigenvalue weighted by Gasteiger charge is -1.94. The van der Waals surface area contributed by atoms with Gasteiger partial charge in [0.05, 0.1) is 5.69 Å². The van der Waals surface area contributed by atoms with Crippen molar-refractivity contribution >= 4 is 29.7 Å². The number of allylic oxidation sites excluding steroid dienone is 1. The highest BCUT2D eigenvalue weighted by Crippen LogP contribution is 2.07. The number of aryl methyl sites for hydroxylation is 1. The topological polar surface area (TPSA) is 67.2 Å². The fraction of sp³-hybridized carbons (Fsp3) is 0.0769. The summed E-state index contributed by atoms with van der Waals surface area (Å²) in [5.41, 5.74) is 4.10. The van der Waals surface area contributed by atoms with Gasteiger partial charge in [-0.3, -0.25) is 4.79 Å². The van der Waals surface area contributed by atoms with Crippen LogP contribution >= 0.6 is 11.5 Å². The van der Waals surface area contributed by atoms with Crippen LogP contribution in [0.15, 0.2) is 41.5 Å². The zero-order chi connectivity index (χ0) is 13.5. The third kappa shape index (κ3) is 3.82. The van der Waals surface area contributed by atoms with Crippen molar-refractivity contribution in [2.75, 3.05) is 0 Å². The smallest absolute Gasteiger partial charge is 0.266 e. The maximum absolute atomic E-state index is 11.6. The van der Waals surface area contributed by atoms with E-state index in [-0.39, 0.29) is 5.91 Å². The minimum atomic E-state index is -0.295. The lowest BCUT2D eigenvalue weighted by atomic mass is 10.2. The Balaban J connectivity index is 1.86. The Morgan fingerprint density at radius 3 is 2.84 bits per heavy atom. The van der Waals surface area contributed by atoms with E-state index in [0.29, 0.717) is 10.6 Å². The summed E-state index contributed by atoms with van der Waals surface area (Å²) in [6, 6.07) is 9.83. The second-order valence-corrected chi connectivity index (χ2v) is 4.43. The summed E-state index contributed by atoms with van der Waals surface area (Å²) >= 11 is 1.05. The maximum atomic E-state index is 11.6. The molecule has 19 heavy (non-hydrogen) atoms. The van der Waals surface area contributed by atoms with E-state index < -0.39 is 0 Å². The summed E-state index contributed by atoms with van der Waals surface area (Å²) in [7, 11) is 0. The van der Waals surface area contributed by atoms with Crippen LogP contribution in [0.25, 0.3) is 6.08 Å². The molecule has 1 N–H and O–H groups in total. The molecule has 0 saturated carbocycles. The molecule has 0 aliphatic carbocycles. The minimum Gasteiger partial charge on any atom is -0.266 e. The fourth-order valence-corrected chi connectivity index (χ4v) is 1.89. The molecule has 1 aromatic heterocycles. The maximum Gasteiger partial charge on any atom is 0.285 e. The van der Waals surface area contributed by atoms with E-state index in [9.17, 15) is 4.79 Å². The first kappa shape index (κ1) is 13.1. The molecule has 2 rings (SSSR count). The molecule has 0 aliphatic heterocycles. The molecule has 1 aromatic carbocycles. The molecular formula is C13H12N4OS. The van der Waals surface area contributed by atoms with Gasteiger partial charge in [0, 0.05) is 6.21 Å². The molecular weight excluding hydrogens is 260 g/mol. The van der Waals surface area contributed by atoms with Gasteiger partial charge in [0.2, 0.25) is 0 Å². The molecule has 5 nitrogen and oxygen atoms in total. The van der Waals surface area contributed by atoms with Crippen LogP contribution in [-0.2, 0) is 0 Å². The van der Waals surface area contributed by atoms with E-state index in [1.165, 1.54) is 6.21 Å². The largest absolute Gasteiger partial charge is 0.285 e. The third-order valence-electron chi connectivity index (χ3n) is 2.27. The van der Waals surface area contributed by atoms with Crippen LogP contribution in [0.2, 0.25) is 0 Å². The van der Waals surface area contributed by atoms with Crippen molar-refractivity contribution in [2.24, 2.45) is 5.10 Å². The number of nitrogens with zero attached hydrogens (tertiary/aromatic N) is 3. The number of hydrogen-bond acceptors (Lipinski definition) is 5. The molecule has 1 heterocycles. The first-order chi connectivity index (χ1) is 9.27. The molecule has 0 atom stereocenters. The Labute approximate surface area is 114 Å². The van der Waals surface area contributed by atoms with Crippen LogP contribution in [0.5, 0.6) is 0 Å². The van der Waals surface area contributed by atoms with Crippen LogP contribution in [0.4, 0.5) is 0 Å². The number of hydrogen-bond donors (Lipinski definition) is 1.